The lowest BCUT2D eigenvalue weighted by Gasteiger charge is -2.49. The second-order valence-corrected chi connectivity index (χ2v) is 7.38. The van der Waals surface area contributed by atoms with E-state index in [9.17, 15) is 4.79 Å². The molecule has 1 fully saturated rings. The van der Waals surface area contributed by atoms with Crippen molar-refractivity contribution in [3.05, 3.63) is 47.5 Å². The standard InChI is InChI=1S/C19H25NO/c1-18(2)16-10-12-20(13-15-7-5-4-6-8-15)14-19(16,3)11-9-17(18)21/h4-8,10H,9,11-14H2,1-3H3. The maximum absolute atomic E-state index is 12.2. The quantitative estimate of drug-likeness (QED) is 0.769. The summed E-state index contributed by atoms with van der Waals surface area (Å²) in [5.74, 6) is 0.405. The number of Topliss-reactive ketones (excluding diaryl/α,β-unsaturated/α-hetero) is 1. The van der Waals surface area contributed by atoms with Gasteiger partial charge in [0.2, 0.25) is 0 Å². The number of nitrogens with zero attached hydrogens (tertiary/aromatic N) is 1. The van der Waals surface area contributed by atoms with Crippen LogP contribution in [0.5, 0.6) is 0 Å². The Bertz CT molecular complexity index is 572. The Morgan fingerprint density at radius 1 is 1.14 bits per heavy atom. The number of fused-ring (bicyclic) bond motifs is 1. The molecule has 1 heterocycles. The minimum atomic E-state index is -0.272. The lowest BCUT2D eigenvalue weighted by atomic mass is 9.58. The highest BCUT2D eigenvalue weighted by Crippen LogP contribution is 2.50. The number of carbonyl (C=O) groups excluding carboxylic acids is 1. The predicted octanol–water partition coefficient (Wildman–Crippen LogP) is 3.82. The molecule has 0 N–H and O–H groups in total. The van der Waals surface area contributed by atoms with Crippen molar-refractivity contribution in [3.63, 3.8) is 0 Å². The van der Waals surface area contributed by atoms with E-state index in [2.05, 4.69) is 62.1 Å². The largest absolute Gasteiger partial charge is 0.299 e. The zero-order valence-corrected chi connectivity index (χ0v) is 13.4. The zero-order chi connectivity index (χ0) is 15.1. The highest BCUT2D eigenvalue weighted by Gasteiger charge is 2.48. The molecule has 21 heavy (non-hydrogen) atoms. The monoisotopic (exact) mass is 283 g/mol. The van der Waals surface area contributed by atoms with E-state index < -0.39 is 0 Å². The van der Waals surface area contributed by atoms with Gasteiger partial charge >= 0.3 is 0 Å². The van der Waals surface area contributed by atoms with Crippen molar-refractivity contribution in [2.75, 3.05) is 13.1 Å². The molecule has 1 aromatic carbocycles. The number of hydrogen-bond acceptors (Lipinski definition) is 2. The second-order valence-electron chi connectivity index (χ2n) is 7.38. The van der Waals surface area contributed by atoms with E-state index in [-0.39, 0.29) is 10.8 Å². The first-order valence-corrected chi connectivity index (χ1v) is 7.92. The lowest BCUT2D eigenvalue weighted by Crippen LogP contribution is -2.49. The molecule has 1 unspecified atom stereocenters. The Hall–Kier alpha value is -1.41. The van der Waals surface area contributed by atoms with E-state index in [1.807, 2.05) is 0 Å². The predicted molar refractivity (Wildman–Crippen MR) is 85.9 cm³/mol. The molecule has 1 atom stereocenters. The van der Waals surface area contributed by atoms with Crippen LogP contribution in [0, 0.1) is 10.8 Å². The van der Waals surface area contributed by atoms with Crippen LogP contribution in [0.2, 0.25) is 0 Å². The fourth-order valence-corrected chi connectivity index (χ4v) is 4.15. The van der Waals surface area contributed by atoms with E-state index >= 15 is 0 Å². The smallest absolute Gasteiger partial charge is 0.142 e. The van der Waals surface area contributed by atoms with Crippen molar-refractivity contribution < 1.29 is 4.79 Å². The van der Waals surface area contributed by atoms with Crippen LogP contribution in [0.1, 0.15) is 39.2 Å². The van der Waals surface area contributed by atoms with Crippen LogP contribution in [0.3, 0.4) is 0 Å². The third kappa shape index (κ3) is 2.57. The third-order valence-electron chi connectivity index (χ3n) is 5.30. The third-order valence-corrected chi connectivity index (χ3v) is 5.30. The van der Waals surface area contributed by atoms with E-state index in [0.717, 1.165) is 32.5 Å². The molecular weight excluding hydrogens is 258 g/mol. The molecule has 0 spiro atoms. The minimum Gasteiger partial charge on any atom is -0.299 e. The van der Waals surface area contributed by atoms with Crippen LogP contribution in [0.4, 0.5) is 0 Å². The molecule has 0 bridgehead atoms. The first kappa shape index (κ1) is 14.5. The zero-order valence-electron chi connectivity index (χ0n) is 13.4. The molecule has 0 amide bonds. The number of hydrogen-bond donors (Lipinski definition) is 0. The maximum Gasteiger partial charge on any atom is 0.142 e. The van der Waals surface area contributed by atoms with Crippen LogP contribution in [0.15, 0.2) is 42.0 Å². The average Bonchev–Trinajstić information content (AvgIpc) is 2.44. The SMILES string of the molecule is CC12CCC(=O)C(C)(C)C1=CCN(Cc1ccccc1)C2. The topological polar surface area (TPSA) is 20.3 Å². The van der Waals surface area contributed by atoms with Crippen molar-refractivity contribution in [1.29, 1.82) is 0 Å². The molecule has 1 aromatic rings. The molecular formula is C19H25NO. The molecule has 0 radical (unpaired) electrons. The fraction of sp³-hybridized carbons (Fsp3) is 0.526. The Balaban J connectivity index is 1.82. The molecule has 0 saturated heterocycles. The van der Waals surface area contributed by atoms with E-state index in [4.69, 9.17) is 0 Å². The Kier molecular flexibility index (Phi) is 3.53. The van der Waals surface area contributed by atoms with E-state index in [0.29, 0.717) is 5.78 Å². The Morgan fingerprint density at radius 3 is 2.57 bits per heavy atom. The molecule has 2 heteroatoms. The Labute approximate surface area is 127 Å². The second kappa shape index (κ2) is 5.10. The molecule has 0 aromatic heterocycles. The number of rotatable bonds is 2. The Morgan fingerprint density at radius 2 is 1.86 bits per heavy atom. The summed E-state index contributed by atoms with van der Waals surface area (Å²) < 4.78 is 0. The van der Waals surface area contributed by atoms with Crippen LogP contribution >= 0.6 is 0 Å². The molecule has 1 aliphatic carbocycles. The molecule has 2 aliphatic rings. The first-order valence-electron chi connectivity index (χ1n) is 7.92. The molecule has 2 nitrogen and oxygen atoms in total. The van der Waals surface area contributed by atoms with Crippen molar-refractivity contribution >= 4 is 5.78 Å². The highest BCUT2D eigenvalue weighted by atomic mass is 16.1. The van der Waals surface area contributed by atoms with Gasteiger partial charge in [-0.05, 0) is 25.8 Å². The van der Waals surface area contributed by atoms with Gasteiger partial charge in [0.25, 0.3) is 0 Å². The summed E-state index contributed by atoms with van der Waals surface area (Å²) in [5, 5.41) is 0. The van der Waals surface area contributed by atoms with Crippen molar-refractivity contribution in [3.8, 4) is 0 Å². The van der Waals surface area contributed by atoms with Gasteiger partial charge in [-0.1, -0.05) is 48.9 Å². The van der Waals surface area contributed by atoms with E-state index in [1.54, 1.807) is 0 Å². The average molecular weight is 283 g/mol. The number of carbonyl (C=O) groups is 1. The van der Waals surface area contributed by atoms with Gasteiger partial charge in [0.15, 0.2) is 0 Å². The van der Waals surface area contributed by atoms with Gasteiger partial charge in [-0.25, -0.2) is 0 Å². The van der Waals surface area contributed by atoms with Gasteiger partial charge in [-0.3, -0.25) is 9.69 Å². The molecule has 112 valence electrons. The number of benzene rings is 1. The first-order chi connectivity index (χ1) is 9.92. The van der Waals surface area contributed by atoms with E-state index in [1.165, 1.54) is 11.1 Å². The van der Waals surface area contributed by atoms with Gasteiger partial charge in [0.1, 0.15) is 5.78 Å². The summed E-state index contributed by atoms with van der Waals surface area (Å²) in [4.78, 5) is 14.7. The van der Waals surface area contributed by atoms with Gasteiger partial charge in [-0.2, -0.15) is 0 Å². The summed E-state index contributed by atoms with van der Waals surface area (Å²) in [7, 11) is 0. The van der Waals surface area contributed by atoms with Crippen LogP contribution < -0.4 is 0 Å². The molecule has 1 aliphatic heterocycles. The summed E-state index contributed by atoms with van der Waals surface area (Å²) in [5.41, 5.74) is 2.62. The van der Waals surface area contributed by atoms with Gasteiger partial charge in [-0.15, -0.1) is 0 Å². The fourth-order valence-electron chi connectivity index (χ4n) is 4.15. The van der Waals surface area contributed by atoms with Crippen molar-refractivity contribution in [2.45, 2.75) is 40.2 Å². The molecule has 3 rings (SSSR count). The summed E-state index contributed by atoms with van der Waals surface area (Å²) in [6, 6.07) is 10.6. The summed E-state index contributed by atoms with van der Waals surface area (Å²) >= 11 is 0. The summed E-state index contributed by atoms with van der Waals surface area (Å²) in [6.45, 7) is 9.55. The lowest BCUT2D eigenvalue weighted by molar-refractivity contribution is -0.129. The minimum absolute atomic E-state index is 0.157. The van der Waals surface area contributed by atoms with Crippen LogP contribution in [-0.2, 0) is 11.3 Å². The number of ketones is 1. The van der Waals surface area contributed by atoms with Crippen LogP contribution in [0.25, 0.3) is 0 Å². The van der Waals surface area contributed by atoms with Gasteiger partial charge < -0.3 is 0 Å². The molecule has 1 saturated carbocycles. The maximum atomic E-state index is 12.2. The van der Waals surface area contributed by atoms with Crippen molar-refractivity contribution in [1.82, 2.24) is 4.90 Å². The highest BCUT2D eigenvalue weighted by molar-refractivity contribution is 5.89. The summed E-state index contributed by atoms with van der Waals surface area (Å²) in [6.07, 6.45) is 4.04. The normalized spacial score (nSPS) is 28.9. The van der Waals surface area contributed by atoms with Gasteiger partial charge in [0, 0.05) is 36.9 Å². The van der Waals surface area contributed by atoms with Crippen LogP contribution in [-0.4, -0.2) is 23.8 Å². The van der Waals surface area contributed by atoms with Gasteiger partial charge in [0.05, 0.1) is 0 Å². The van der Waals surface area contributed by atoms with Crippen molar-refractivity contribution in [2.24, 2.45) is 10.8 Å².